The summed E-state index contributed by atoms with van der Waals surface area (Å²) < 4.78 is 6.90. The number of methoxy groups -OCH3 is 1. The molecule has 4 N–H and O–H groups in total. The van der Waals surface area contributed by atoms with Crippen LogP contribution in [0.15, 0.2) is 46.9 Å². The largest absolute Gasteiger partial charge is 0.497 e. The van der Waals surface area contributed by atoms with Gasteiger partial charge in [-0.3, -0.25) is 0 Å². The smallest absolute Gasteiger partial charge is 0.211 e. The van der Waals surface area contributed by atoms with Crippen LogP contribution in [0.3, 0.4) is 0 Å². The van der Waals surface area contributed by atoms with E-state index in [1.165, 1.54) is 0 Å². The lowest BCUT2D eigenvalue weighted by atomic mass is 10.2. The predicted molar refractivity (Wildman–Crippen MR) is 73.5 cm³/mol. The first-order valence-corrected chi connectivity index (χ1v) is 5.50. The third kappa shape index (κ3) is 3.09. The zero-order valence-electron chi connectivity index (χ0n) is 10.4. The number of rotatable bonds is 4. The molecule has 19 heavy (non-hydrogen) atoms. The molecule has 1 heterocycles. The van der Waals surface area contributed by atoms with E-state index in [0.29, 0.717) is 5.75 Å². The number of hydrogen-bond donors (Lipinski definition) is 2. The first-order chi connectivity index (χ1) is 9.20. The lowest BCUT2D eigenvalue weighted by Crippen LogP contribution is -2.21. The van der Waals surface area contributed by atoms with Crippen LogP contribution in [0.5, 0.6) is 5.75 Å². The van der Waals surface area contributed by atoms with Gasteiger partial charge in [-0.25, -0.2) is 4.68 Å². The zero-order chi connectivity index (χ0) is 13.7. The summed E-state index contributed by atoms with van der Waals surface area (Å²) in [4.78, 5) is 0. The van der Waals surface area contributed by atoms with E-state index in [9.17, 15) is 0 Å². The van der Waals surface area contributed by atoms with Gasteiger partial charge in [-0.05, 0) is 24.3 Å². The van der Waals surface area contributed by atoms with Gasteiger partial charge in [0.05, 0.1) is 19.0 Å². The SMILES string of the molecule is COc1ccc(-n2cccn2)c(C=NN=C(N)N)c1. The molecule has 2 rings (SSSR count). The minimum Gasteiger partial charge on any atom is -0.497 e. The minimum absolute atomic E-state index is 0.0974. The second-order valence-electron chi connectivity index (χ2n) is 3.64. The molecule has 0 aliphatic heterocycles. The summed E-state index contributed by atoms with van der Waals surface area (Å²) in [6.45, 7) is 0. The summed E-state index contributed by atoms with van der Waals surface area (Å²) in [7, 11) is 1.60. The van der Waals surface area contributed by atoms with Gasteiger partial charge < -0.3 is 16.2 Å². The van der Waals surface area contributed by atoms with Crippen molar-refractivity contribution in [2.45, 2.75) is 0 Å². The Morgan fingerprint density at radius 1 is 1.42 bits per heavy atom. The van der Waals surface area contributed by atoms with Crippen LogP contribution in [0.1, 0.15) is 5.56 Å². The molecule has 0 aliphatic rings. The first kappa shape index (κ1) is 12.6. The molecule has 0 aliphatic carbocycles. The van der Waals surface area contributed by atoms with Gasteiger partial charge in [-0.1, -0.05) is 0 Å². The Kier molecular flexibility index (Phi) is 3.77. The highest BCUT2D eigenvalue weighted by molar-refractivity contribution is 5.86. The molecule has 0 atom stereocenters. The molecule has 0 fully saturated rings. The van der Waals surface area contributed by atoms with Gasteiger partial charge >= 0.3 is 0 Å². The Morgan fingerprint density at radius 2 is 2.26 bits per heavy atom. The molecular weight excluding hydrogens is 244 g/mol. The molecule has 0 saturated carbocycles. The standard InChI is InChI=1S/C12H14N6O/c1-19-10-3-4-11(18-6-2-5-16-18)9(7-10)8-15-17-12(13)14/h2-8H,1H3,(H4,13,14,17). The van der Waals surface area contributed by atoms with E-state index in [2.05, 4.69) is 15.3 Å². The average molecular weight is 258 g/mol. The normalized spacial score (nSPS) is 10.6. The van der Waals surface area contributed by atoms with E-state index >= 15 is 0 Å². The van der Waals surface area contributed by atoms with Gasteiger partial charge in [0.15, 0.2) is 0 Å². The molecule has 0 saturated heterocycles. The van der Waals surface area contributed by atoms with Gasteiger partial charge in [-0.15, -0.1) is 5.10 Å². The molecular formula is C12H14N6O. The fraction of sp³-hybridized carbons (Fsp3) is 0.0833. The van der Waals surface area contributed by atoms with Gasteiger partial charge in [-0.2, -0.15) is 10.2 Å². The van der Waals surface area contributed by atoms with Crippen LogP contribution in [0.25, 0.3) is 5.69 Å². The minimum atomic E-state index is -0.0974. The van der Waals surface area contributed by atoms with Crippen molar-refractivity contribution < 1.29 is 4.74 Å². The fourth-order valence-corrected chi connectivity index (χ4v) is 1.54. The summed E-state index contributed by atoms with van der Waals surface area (Å²) in [5.41, 5.74) is 12.1. The van der Waals surface area contributed by atoms with E-state index in [0.717, 1.165) is 11.3 Å². The summed E-state index contributed by atoms with van der Waals surface area (Å²) >= 11 is 0. The summed E-state index contributed by atoms with van der Waals surface area (Å²) in [5.74, 6) is 0.613. The number of ether oxygens (including phenoxy) is 1. The lowest BCUT2D eigenvalue weighted by Gasteiger charge is -2.07. The lowest BCUT2D eigenvalue weighted by molar-refractivity contribution is 0.414. The van der Waals surface area contributed by atoms with Crippen molar-refractivity contribution in [3.63, 3.8) is 0 Å². The number of nitrogens with two attached hydrogens (primary N) is 2. The van der Waals surface area contributed by atoms with Gasteiger partial charge in [0, 0.05) is 18.0 Å². The van der Waals surface area contributed by atoms with Crippen molar-refractivity contribution in [3.05, 3.63) is 42.2 Å². The van der Waals surface area contributed by atoms with Crippen LogP contribution >= 0.6 is 0 Å². The molecule has 0 spiro atoms. The van der Waals surface area contributed by atoms with Crippen molar-refractivity contribution in [2.75, 3.05) is 7.11 Å². The number of guanidine groups is 1. The molecule has 1 aromatic heterocycles. The third-order valence-electron chi connectivity index (χ3n) is 2.36. The van der Waals surface area contributed by atoms with Crippen LogP contribution in [0.2, 0.25) is 0 Å². The van der Waals surface area contributed by atoms with Crippen LogP contribution < -0.4 is 16.2 Å². The maximum Gasteiger partial charge on any atom is 0.211 e. The molecule has 1 aromatic carbocycles. The van der Waals surface area contributed by atoms with E-state index < -0.39 is 0 Å². The second-order valence-corrected chi connectivity index (χ2v) is 3.64. The van der Waals surface area contributed by atoms with Crippen molar-refractivity contribution in [1.82, 2.24) is 9.78 Å². The molecule has 0 bridgehead atoms. The highest BCUT2D eigenvalue weighted by Crippen LogP contribution is 2.19. The van der Waals surface area contributed by atoms with Gasteiger partial charge in [0.1, 0.15) is 5.75 Å². The van der Waals surface area contributed by atoms with Gasteiger partial charge in [0.25, 0.3) is 0 Å². The van der Waals surface area contributed by atoms with Crippen LogP contribution in [0, 0.1) is 0 Å². The quantitative estimate of drug-likeness (QED) is 0.473. The van der Waals surface area contributed by atoms with Crippen molar-refractivity contribution in [1.29, 1.82) is 0 Å². The van der Waals surface area contributed by atoms with Crippen molar-refractivity contribution in [3.8, 4) is 11.4 Å². The maximum absolute atomic E-state index is 5.22. The predicted octanol–water partition coefficient (Wildman–Crippen LogP) is 0.488. The van der Waals surface area contributed by atoms with E-state index in [1.54, 1.807) is 24.2 Å². The Morgan fingerprint density at radius 3 is 2.89 bits per heavy atom. The topological polar surface area (TPSA) is 104 Å². The molecule has 98 valence electrons. The summed E-state index contributed by atoms with van der Waals surface area (Å²) in [6.07, 6.45) is 5.07. The highest BCUT2D eigenvalue weighted by atomic mass is 16.5. The van der Waals surface area contributed by atoms with Gasteiger partial charge in [0.2, 0.25) is 5.96 Å². The number of nitrogens with zero attached hydrogens (tertiary/aromatic N) is 4. The number of hydrogen-bond acceptors (Lipinski definition) is 4. The molecule has 0 radical (unpaired) electrons. The Bertz CT molecular complexity index is 599. The zero-order valence-corrected chi connectivity index (χ0v) is 10.4. The van der Waals surface area contributed by atoms with Crippen LogP contribution in [-0.4, -0.2) is 29.1 Å². The fourth-order valence-electron chi connectivity index (χ4n) is 1.54. The van der Waals surface area contributed by atoms with E-state index in [-0.39, 0.29) is 5.96 Å². The molecule has 7 nitrogen and oxygen atoms in total. The van der Waals surface area contributed by atoms with Crippen molar-refractivity contribution >= 4 is 12.2 Å². The Balaban J connectivity index is 2.43. The molecule has 7 heteroatoms. The van der Waals surface area contributed by atoms with Crippen LogP contribution in [-0.2, 0) is 0 Å². The van der Waals surface area contributed by atoms with Crippen LogP contribution in [0.4, 0.5) is 0 Å². The van der Waals surface area contributed by atoms with Crippen molar-refractivity contribution in [2.24, 2.45) is 21.7 Å². The maximum atomic E-state index is 5.22. The molecule has 2 aromatic rings. The molecule has 0 amide bonds. The highest BCUT2D eigenvalue weighted by Gasteiger charge is 2.05. The number of benzene rings is 1. The number of aromatic nitrogens is 2. The summed E-state index contributed by atoms with van der Waals surface area (Å²) in [5, 5.41) is 11.5. The summed E-state index contributed by atoms with van der Waals surface area (Å²) in [6, 6.07) is 7.38. The average Bonchev–Trinajstić information content (AvgIpc) is 2.92. The van der Waals surface area contributed by atoms with E-state index in [1.807, 2.05) is 30.5 Å². The molecule has 0 unspecified atom stereocenters. The Hall–Kier alpha value is -2.83. The third-order valence-corrected chi connectivity index (χ3v) is 2.36. The van der Waals surface area contributed by atoms with E-state index in [4.69, 9.17) is 16.2 Å². The monoisotopic (exact) mass is 258 g/mol. The first-order valence-electron chi connectivity index (χ1n) is 5.50. The Labute approximate surface area is 110 Å². The second kappa shape index (κ2) is 5.67.